The average molecular weight is 362 g/mol. The molecule has 26 heavy (non-hydrogen) atoms. The minimum Gasteiger partial charge on any atom is -0.501 e. The van der Waals surface area contributed by atoms with Gasteiger partial charge in [0.25, 0.3) is 0 Å². The summed E-state index contributed by atoms with van der Waals surface area (Å²) in [6, 6.07) is 3.93. The standard InChI is InChI=1S/C22H28F2O2/c1-13-9-21(10-13)11-18(12-21)19-8-17-6-5-16(7-14(2)25-4)15(3)20(17)26-22(19,23)24/h5-7,13,18-19H,8-12H2,1-4H3/b14-7+. The maximum absolute atomic E-state index is 14.8. The van der Waals surface area contributed by atoms with Crippen LogP contribution in [0.3, 0.4) is 0 Å². The Labute approximate surface area is 154 Å². The van der Waals surface area contributed by atoms with Crippen LogP contribution in [-0.2, 0) is 11.2 Å². The quantitative estimate of drug-likeness (QED) is 0.617. The number of allylic oxidation sites excluding steroid dienone is 1. The van der Waals surface area contributed by atoms with Crippen molar-refractivity contribution in [2.75, 3.05) is 7.11 Å². The highest BCUT2D eigenvalue weighted by Gasteiger charge is 2.59. The van der Waals surface area contributed by atoms with Crippen LogP contribution in [0.15, 0.2) is 17.9 Å². The van der Waals surface area contributed by atoms with Crippen molar-refractivity contribution in [2.45, 2.75) is 59.0 Å². The lowest BCUT2D eigenvalue weighted by Crippen LogP contribution is -2.54. The van der Waals surface area contributed by atoms with Crippen LogP contribution >= 0.6 is 0 Å². The van der Waals surface area contributed by atoms with Gasteiger partial charge in [-0.1, -0.05) is 19.1 Å². The third-order valence-electron chi connectivity index (χ3n) is 6.84. The van der Waals surface area contributed by atoms with E-state index >= 15 is 0 Å². The Morgan fingerprint density at radius 3 is 2.54 bits per heavy atom. The highest BCUT2D eigenvalue weighted by Crippen LogP contribution is 2.64. The molecule has 3 aliphatic rings. The first kappa shape index (κ1) is 17.8. The van der Waals surface area contributed by atoms with E-state index in [0.717, 1.165) is 41.2 Å². The van der Waals surface area contributed by atoms with Gasteiger partial charge in [0, 0.05) is 0 Å². The Morgan fingerprint density at radius 1 is 1.23 bits per heavy atom. The minimum absolute atomic E-state index is 0.0845. The van der Waals surface area contributed by atoms with Crippen LogP contribution in [0.2, 0.25) is 0 Å². The smallest absolute Gasteiger partial charge is 0.401 e. The maximum atomic E-state index is 14.8. The summed E-state index contributed by atoms with van der Waals surface area (Å²) < 4.78 is 40.2. The molecule has 0 radical (unpaired) electrons. The fourth-order valence-electron chi connectivity index (χ4n) is 5.60. The number of methoxy groups -OCH3 is 1. The predicted octanol–water partition coefficient (Wildman–Crippen LogP) is 5.97. The molecule has 142 valence electrons. The number of hydrogen-bond donors (Lipinski definition) is 0. The summed E-state index contributed by atoms with van der Waals surface area (Å²) in [5, 5.41) is 0. The molecule has 2 aliphatic carbocycles. The van der Waals surface area contributed by atoms with Gasteiger partial charge in [0.15, 0.2) is 0 Å². The van der Waals surface area contributed by atoms with E-state index in [1.165, 1.54) is 12.8 Å². The molecule has 1 unspecified atom stereocenters. The van der Waals surface area contributed by atoms with E-state index < -0.39 is 12.0 Å². The Bertz CT molecular complexity index is 739. The molecule has 1 atom stereocenters. The van der Waals surface area contributed by atoms with Crippen molar-refractivity contribution in [3.05, 3.63) is 34.6 Å². The Kier molecular flexibility index (Phi) is 4.09. The number of fused-ring (bicyclic) bond motifs is 1. The van der Waals surface area contributed by atoms with Crippen molar-refractivity contribution in [3.8, 4) is 5.75 Å². The summed E-state index contributed by atoms with van der Waals surface area (Å²) in [5.74, 6) is 1.25. The molecule has 0 aromatic heterocycles. The lowest BCUT2D eigenvalue weighted by molar-refractivity contribution is -0.255. The molecule has 4 heteroatoms. The van der Waals surface area contributed by atoms with E-state index in [2.05, 4.69) is 6.92 Å². The van der Waals surface area contributed by atoms with Gasteiger partial charge in [-0.2, -0.15) is 8.78 Å². The molecule has 1 spiro atoms. The summed E-state index contributed by atoms with van der Waals surface area (Å²) in [6.07, 6.45) is 3.51. The van der Waals surface area contributed by atoms with Gasteiger partial charge in [-0.05, 0) is 86.0 Å². The van der Waals surface area contributed by atoms with Crippen LogP contribution < -0.4 is 4.74 Å². The highest BCUT2D eigenvalue weighted by atomic mass is 19.3. The van der Waals surface area contributed by atoms with Gasteiger partial charge in [0.1, 0.15) is 5.75 Å². The summed E-state index contributed by atoms with van der Waals surface area (Å²) in [7, 11) is 1.60. The third kappa shape index (κ3) is 2.82. The van der Waals surface area contributed by atoms with Gasteiger partial charge in [-0.15, -0.1) is 0 Å². The van der Waals surface area contributed by atoms with E-state index in [1.54, 1.807) is 7.11 Å². The fourth-order valence-corrected chi connectivity index (χ4v) is 5.60. The SMILES string of the molecule is CO/C(C)=C/c1ccc2c(c1C)OC(F)(F)C(C1CC3(CC(C)C3)C1)C2. The van der Waals surface area contributed by atoms with E-state index in [-0.39, 0.29) is 5.92 Å². The monoisotopic (exact) mass is 362 g/mol. The minimum atomic E-state index is -3.09. The van der Waals surface area contributed by atoms with Crippen molar-refractivity contribution in [1.29, 1.82) is 0 Å². The summed E-state index contributed by atoms with van der Waals surface area (Å²) in [5.41, 5.74) is 2.91. The van der Waals surface area contributed by atoms with Gasteiger partial charge in [-0.25, -0.2) is 0 Å². The van der Waals surface area contributed by atoms with Crippen LogP contribution in [0, 0.1) is 30.1 Å². The molecule has 0 saturated heterocycles. The number of benzene rings is 1. The largest absolute Gasteiger partial charge is 0.501 e. The molecule has 1 aromatic carbocycles. The Hall–Kier alpha value is -1.58. The van der Waals surface area contributed by atoms with E-state index in [1.807, 2.05) is 32.1 Å². The molecule has 1 aromatic rings. The zero-order chi connectivity index (χ0) is 18.7. The molecular formula is C22H28F2O2. The molecule has 2 saturated carbocycles. The van der Waals surface area contributed by atoms with Crippen LogP contribution in [0.4, 0.5) is 8.78 Å². The average Bonchev–Trinajstić information content (AvgIpc) is 2.52. The second-order valence-corrected chi connectivity index (χ2v) is 8.88. The van der Waals surface area contributed by atoms with E-state index in [9.17, 15) is 8.78 Å². The topological polar surface area (TPSA) is 18.5 Å². The van der Waals surface area contributed by atoms with Gasteiger partial charge >= 0.3 is 6.11 Å². The lowest BCUT2D eigenvalue weighted by atomic mass is 9.46. The highest BCUT2D eigenvalue weighted by molar-refractivity contribution is 5.61. The second-order valence-electron chi connectivity index (χ2n) is 8.88. The predicted molar refractivity (Wildman–Crippen MR) is 98.2 cm³/mol. The van der Waals surface area contributed by atoms with Gasteiger partial charge in [0.05, 0.1) is 18.8 Å². The molecule has 1 aliphatic heterocycles. The third-order valence-corrected chi connectivity index (χ3v) is 6.84. The van der Waals surface area contributed by atoms with Gasteiger partial charge in [0.2, 0.25) is 0 Å². The van der Waals surface area contributed by atoms with Crippen LogP contribution in [-0.4, -0.2) is 13.2 Å². The van der Waals surface area contributed by atoms with Crippen molar-refractivity contribution in [3.63, 3.8) is 0 Å². The first-order chi connectivity index (χ1) is 12.2. The molecule has 0 bridgehead atoms. The van der Waals surface area contributed by atoms with Crippen LogP contribution in [0.25, 0.3) is 6.08 Å². The van der Waals surface area contributed by atoms with Crippen molar-refractivity contribution >= 4 is 6.08 Å². The molecule has 0 amide bonds. The van der Waals surface area contributed by atoms with Crippen molar-refractivity contribution in [1.82, 2.24) is 0 Å². The Morgan fingerprint density at radius 2 is 1.92 bits per heavy atom. The number of hydrogen-bond acceptors (Lipinski definition) is 2. The fraction of sp³-hybridized carbons (Fsp3) is 0.636. The molecule has 0 N–H and O–H groups in total. The number of ether oxygens (including phenoxy) is 2. The number of rotatable bonds is 3. The van der Waals surface area contributed by atoms with E-state index in [4.69, 9.17) is 9.47 Å². The zero-order valence-corrected chi connectivity index (χ0v) is 16.1. The first-order valence-corrected chi connectivity index (χ1v) is 9.64. The number of alkyl halides is 2. The Balaban J connectivity index is 1.56. The lowest BCUT2D eigenvalue weighted by Gasteiger charge is -2.59. The van der Waals surface area contributed by atoms with Crippen LogP contribution in [0.5, 0.6) is 5.75 Å². The molecule has 1 heterocycles. The maximum Gasteiger partial charge on any atom is 0.401 e. The normalized spacial score (nSPS) is 35.2. The molecular weight excluding hydrogens is 334 g/mol. The number of halogens is 2. The van der Waals surface area contributed by atoms with Crippen LogP contribution in [0.1, 0.15) is 56.2 Å². The van der Waals surface area contributed by atoms with Gasteiger partial charge in [-0.3, -0.25) is 0 Å². The summed E-state index contributed by atoms with van der Waals surface area (Å²) >= 11 is 0. The summed E-state index contributed by atoms with van der Waals surface area (Å²) in [6.45, 7) is 5.95. The molecule has 2 nitrogen and oxygen atoms in total. The van der Waals surface area contributed by atoms with Crippen molar-refractivity contribution in [2.24, 2.45) is 23.2 Å². The van der Waals surface area contributed by atoms with Gasteiger partial charge < -0.3 is 9.47 Å². The second kappa shape index (κ2) is 5.97. The first-order valence-electron chi connectivity index (χ1n) is 9.64. The summed E-state index contributed by atoms with van der Waals surface area (Å²) in [4.78, 5) is 0. The molecule has 2 fully saturated rings. The van der Waals surface area contributed by atoms with E-state index in [0.29, 0.717) is 17.6 Å². The molecule has 4 rings (SSSR count). The zero-order valence-electron chi connectivity index (χ0n) is 16.1. The van der Waals surface area contributed by atoms with Crippen molar-refractivity contribution < 1.29 is 18.3 Å².